The minimum Gasteiger partial charge on any atom is -0.462 e. The average Bonchev–Trinajstić information content (AvgIpc) is 3.45. The first-order valence-electron chi connectivity index (χ1n) is 15.3. The lowest BCUT2D eigenvalue weighted by molar-refractivity contribution is -0.128. The zero-order valence-electron chi connectivity index (χ0n) is 26.1. The van der Waals surface area contributed by atoms with Crippen LogP contribution in [0.4, 0.5) is 14.6 Å². The van der Waals surface area contributed by atoms with Crippen molar-refractivity contribution in [2.24, 2.45) is 0 Å². The van der Waals surface area contributed by atoms with Gasteiger partial charge in [0.25, 0.3) is 0 Å². The van der Waals surface area contributed by atoms with Crippen molar-refractivity contribution in [1.29, 1.82) is 0 Å². The summed E-state index contributed by atoms with van der Waals surface area (Å²) in [6, 6.07) is 10.5. The molecule has 2 aliphatic heterocycles. The third-order valence-corrected chi connectivity index (χ3v) is 9.17. The number of likely N-dealkylation sites (tertiary alicyclic amines) is 1. The number of hydrogen-bond acceptors (Lipinski definition) is 8. The number of fused-ring (bicyclic) bond motifs is 2. The second kappa shape index (κ2) is 14.1. The number of anilines is 1. The van der Waals surface area contributed by atoms with Crippen LogP contribution in [0.2, 0.25) is 5.02 Å². The maximum Gasteiger partial charge on any atom is 0.319 e. The van der Waals surface area contributed by atoms with Crippen molar-refractivity contribution >= 4 is 45.0 Å². The van der Waals surface area contributed by atoms with E-state index in [2.05, 4.69) is 19.7 Å². The van der Waals surface area contributed by atoms with Gasteiger partial charge in [-0.3, -0.25) is 14.7 Å². The molecule has 2 aromatic heterocycles. The molecule has 0 aliphatic carbocycles. The molecular weight excluding hydrogens is 628 g/mol. The molecule has 244 valence electrons. The molecule has 3 atom stereocenters. The molecule has 0 saturated carbocycles. The van der Waals surface area contributed by atoms with Crippen LogP contribution in [-0.4, -0.2) is 109 Å². The van der Waals surface area contributed by atoms with E-state index in [0.717, 1.165) is 24.4 Å². The van der Waals surface area contributed by atoms with E-state index in [0.29, 0.717) is 33.7 Å². The molecule has 2 aliphatic rings. The molecule has 1 amide bonds. The van der Waals surface area contributed by atoms with E-state index in [1.165, 1.54) is 6.08 Å². The number of alkyl halides is 1. The van der Waals surface area contributed by atoms with Gasteiger partial charge in [0.05, 0.1) is 11.5 Å². The zero-order chi connectivity index (χ0) is 33.1. The number of carbonyl (C=O) groups excluding carboxylic acids is 1. The lowest BCUT2D eigenvalue weighted by atomic mass is 10.0. The van der Waals surface area contributed by atoms with Crippen LogP contribution in [0.1, 0.15) is 6.42 Å². The highest BCUT2D eigenvalue weighted by molar-refractivity contribution is 6.36. The van der Waals surface area contributed by atoms with Gasteiger partial charge in [-0.1, -0.05) is 41.9 Å². The summed E-state index contributed by atoms with van der Waals surface area (Å²) in [5.41, 5.74) is 0.643. The summed E-state index contributed by atoms with van der Waals surface area (Å²) in [5, 5.41) is 2.36. The smallest absolute Gasteiger partial charge is 0.319 e. The third kappa shape index (κ3) is 6.56. The van der Waals surface area contributed by atoms with Gasteiger partial charge in [0, 0.05) is 67.6 Å². The molecule has 2 fully saturated rings. The van der Waals surface area contributed by atoms with Crippen LogP contribution in [0.25, 0.3) is 37.8 Å². The molecular formula is C34H34ClF2N7O3. The topological polar surface area (TPSA) is 88.3 Å². The Kier molecular flexibility index (Phi) is 9.77. The number of likely N-dealkylation sites (N-methyl/N-ethyl adjacent to an activating group) is 1. The number of ether oxygens (including phenoxy) is 2. The van der Waals surface area contributed by atoms with Gasteiger partial charge < -0.3 is 24.1 Å². The SMILES string of the molecule is [C-]#[N+]C[C@H]1CN(c2nc(OC[C@@H]3C[C@@H](OC)CN3C)nc3c(F)c(-c4cccc5cccc(Cl)c45)ncc23)CCN1C(=O)/C=C/CF. The quantitative estimate of drug-likeness (QED) is 0.179. The molecule has 47 heavy (non-hydrogen) atoms. The second-order valence-electron chi connectivity index (χ2n) is 11.7. The van der Waals surface area contributed by atoms with Gasteiger partial charge in [0.1, 0.15) is 36.4 Å². The fraction of sp³-hybridized carbons (Fsp3) is 0.382. The van der Waals surface area contributed by atoms with E-state index in [4.69, 9.17) is 32.6 Å². The monoisotopic (exact) mass is 661 g/mol. The molecule has 10 nitrogen and oxygen atoms in total. The van der Waals surface area contributed by atoms with Crippen LogP contribution in [0.3, 0.4) is 0 Å². The number of pyridine rings is 1. The summed E-state index contributed by atoms with van der Waals surface area (Å²) < 4.78 is 41.1. The lowest BCUT2D eigenvalue weighted by Gasteiger charge is -2.39. The van der Waals surface area contributed by atoms with Gasteiger partial charge in [-0.2, -0.15) is 9.97 Å². The van der Waals surface area contributed by atoms with Crippen LogP contribution < -0.4 is 9.64 Å². The number of nitrogens with zero attached hydrogens (tertiary/aromatic N) is 7. The summed E-state index contributed by atoms with van der Waals surface area (Å²) >= 11 is 6.58. The number of piperazine rings is 1. The summed E-state index contributed by atoms with van der Waals surface area (Å²) in [6.45, 7) is 8.62. The summed E-state index contributed by atoms with van der Waals surface area (Å²) in [5.74, 6) is -0.632. The molecule has 13 heteroatoms. The average molecular weight is 662 g/mol. The van der Waals surface area contributed by atoms with Crippen molar-refractivity contribution < 1.29 is 23.0 Å². The van der Waals surface area contributed by atoms with Gasteiger partial charge in [-0.05, 0) is 31.0 Å². The van der Waals surface area contributed by atoms with E-state index in [1.807, 2.05) is 36.2 Å². The molecule has 2 saturated heterocycles. The first kappa shape index (κ1) is 32.5. The number of amides is 1. The highest BCUT2D eigenvalue weighted by Crippen LogP contribution is 2.37. The molecule has 0 spiro atoms. The highest BCUT2D eigenvalue weighted by Gasteiger charge is 2.34. The van der Waals surface area contributed by atoms with E-state index in [9.17, 15) is 9.18 Å². The maximum absolute atomic E-state index is 16.7. The largest absolute Gasteiger partial charge is 0.462 e. The van der Waals surface area contributed by atoms with E-state index in [-0.39, 0.29) is 61.5 Å². The number of allylic oxidation sites excluding steroid dienone is 1. The van der Waals surface area contributed by atoms with Gasteiger partial charge in [0.2, 0.25) is 12.5 Å². The summed E-state index contributed by atoms with van der Waals surface area (Å²) in [6.07, 6.45) is 4.73. The second-order valence-corrected chi connectivity index (χ2v) is 12.1. The Morgan fingerprint density at radius 1 is 1.17 bits per heavy atom. The minimum absolute atomic E-state index is 0.000108. The molecule has 0 N–H and O–H groups in total. The van der Waals surface area contributed by atoms with Crippen molar-refractivity contribution in [2.75, 3.05) is 65.1 Å². The Labute approximate surface area is 276 Å². The van der Waals surface area contributed by atoms with Crippen molar-refractivity contribution in [3.8, 4) is 17.3 Å². The maximum atomic E-state index is 16.7. The fourth-order valence-electron chi connectivity index (χ4n) is 6.41. The molecule has 0 unspecified atom stereocenters. The third-order valence-electron chi connectivity index (χ3n) is 8.86. The van der Waals surface area contributed by atoms with Crippen LogP contribution in [0.5, 0.6) is 6.01 Å². The van der Waals surface area contributed by atoms with E-state index in [1.54, 1.807) is 30.3 Å². The standard InChI is InChI=1S/C34H34ClF2N7O3/c1-38-16-23-18-43(13-14-44(23)28(45)11-6-12-36)33-26-17-39-31(25-9-4-7-21-8-5-10-27(35)29(21)25)30(37)32(26)40-34(41-33)47-20-22-15-24(46-3)19-42(22)2/h4-11,17,22-24H,12-16,18-20H2,2-3H3/b11-6+/t22-,23-,24+/m0/s1. The normalized spacial score (nSPS) is 20.4. The van der Waals surface area contributed by atoms with E-state index < -0.39 is 18.5 Å². The number of rotatable bonds is 9. The van der Waals surface area contributed by atoms with Crippen LogP contribution in [0, 0.1) is 12.4 Å². The molecule has 2 aromatic carbocycles. The minimum atomic E-state index is -0.761. The van der Waals surface area contributed by atoms with Gasteiger partial charge in [-0.25, -0.2) is 15.4 Å². The molecule has 0 bridgehead atoms. The predicted octanol–water partition coefficient (Wildman–Crippen LogP) is 5.20. The van der Waals surface area contributed by atoms with Crippen molar-refractivity contribution in [1.82, 2.24) is 24.8 Å². The van der Waals surface area contributed by atoms with Gasteiger partial charge in [0.15, 0.2) is 5.82 Å². The Hall–Kier alpha value is -4.44. The Balaban J connectivity index is 1.42. The highest BCUT2D eigenvalue weighted by atomic mass is 35.5. The van der Waals surface area contributed by atoms with Gasteiger partial charge in [-0.15, -0.1) is 0 Å². The van der Waals surface area contributed by atoms with Crippen molar-refractivity contribution in [3.05, 3.63) is 77.0 Å². The number of benzene rings is 2. The number of halogens is 3. The fourth-order valence-corrected chi connectivity index (χ4v) is 6.70. The molecule has 6 rings (SSSR count). The zero-order valence-corrected chi connectivity index (χ0v) is 26.8. The van der Waals surface area contributed by atoms with Gasteiger partial charge >= 0.3 is 6.01 Å². The van der Waals surface area contributed by atoms with Crippen LogP contribution in [0.15, 0.2) is 54.7 Å². The number of hydrogen-bond donors (Lipinski definition) is 0. The van der Waals surface area contributed by atoms with Crippen LogP contribution in [-0.2, 0) is 9.53 Å². The Morgan fingerprint density at radius 3 is 2.72 bits per heavy atom. The summed E-state index contributed by atoms with van der Waals surface area (Å²) in [7, 11) is 3.68. The first-order valence-corrected chi connectivity index (χ1v) is 15.7. The molecule has 4 heterocycles. The number of carbonyl (C=O) groups is 1. The van der Waals surface area contributed by atoms with Crippen molar-refractivity contribution in [3.63, 3.8) is 0 Å². The molecule has 0 radical (unpaired) electrons. The van der Waals surface area contributed by atoms with Crippen LogP contribution >= 0.6 is 11.6 Å². The first-order chi connectivity index (χ1) is 22.8. The van der Waals surface area contributed by atoms with E-state index >= 15 is 4.39 Å². The number of aromatic nitrogens is 3. The Morgan fingerprint density at radius 2 is 1.98 bits per heavy atom. The van der Waals surface area contributed by atoms with Crippen molar-refractivity contribution in [2.45, 2.75) is 24.6 Å². The predicted molar refractivity (Wildman–Crippen MR) is 177 cm³/mol. The lowest BCUT2D eigenvalue weighted by Crippen LogP contribution is -2.56. The Bertz CT molecular complexity index is 1860. The number of methoxy groups -OCH3 is 1. The summed E-state index contributed by atoms with van der Waals surface area (Å²) in [4.78, 5) is 35.8. The molecule has 4 aromatic rings.